The lowest BCUT2D eigenvalue weighted by Crippen LogP contribution is -2.24. The maximum atomic E-state index is 12.9. The minimum absolute atomic E-state index is 0.0514. The van der Waals surface area contributed by atoms with Crippen LogP contribution in [0.4, 0.5) is 4.39 Å². The number of esters is 1. The highest BCUT2D eigenvalue weighted by atomic mass is 19.1. The van der Waals surface area contributed by atoms with Gasteiger partial charge in [0.2, 0.25) is 5.91 Å². The fraction of sp³-hybridized carbons (Fsp3) is 0.167. The molecule has 1 amide bonds. The zero-order valence-corrected chi connectivity index (χ0v) is 13.0. The van der Waals surface area contributed by atoms with Crippen molar-refractivity contribution in [3.05, 3.63) is 65.5 Å². The molecule has 0 bridgehead atoms. The van der Waals surface area contributed by atoms with Gasteiger partial charge in [-0.05, 0) is 48.5 Å². The molecule has 0 spiro atoms. The summed E-state index contributed by atoms with van der Waals surface area (Å²) in [4.78, 5) is 34.5. The van der Waals surface area contributed by atoms with E-state index in [0.29, 0.717) is 16.9 Å². The largest absolute Gasteiger partial charge is 0.426 e. The summed E-state index contributed by atoms with van der Waals surface area (Å²) < 4.78 is 18.0. The molecule has 0 aliphatic heterocycles. The van der Waals surface area contributed by atoms with Gasteiger partial charge in [0, 0.05) is 24.6 Å². The average Bonchev–Trinajstić information content (AvgIpc) is 2.55. The fourth-order valence-electron chi connectivity index (χ4n) is 1.97. The topological polar surface area (TPSA) is 72.5 Å². The second-order valence-electron chi connectivity index (χ2n) is 5.07. The van der Waals surface area contributed by atoms with Gasteiger partial charge in [-0.2, -0.15) is 0 Å². The Morgan fingerprint density at radius 2 is 1.50 bits per heavy atom. The number of hydrogen-bond donors (Lipinski definition) is 1. The first-order valence-corrected chi connectivity index (χ1v) is 7.31. The van der Waals surface area contributed by atoms with Crippen LogP contribution in [0.5, 0.6) is 5.75 Å². The Labute approximate surface area is 138 Å². The van der Waals surface area contributed by atoms with Crippen LogP contribution in [0, 0.1) is 5.82 Å². The highest BCUT2D eigenvalue weighted by Crippen LogP contribution is 2.16. The van der Waals surface area contributed by atoms with Crippen molar-refractivity contribution < 1.29 is 23.5 Å². The molecule has 2 rings (SSSR count). The number of carbonyl (C=O) groups excluding carboxylic acids is 3. The van der Waals surface area contributed by atoms with Gasteiger partial charge in [0.05, 0.1) is 6.42 Å². The number of benzene rings is 2. The molecule has 0 fully saturated rings. The van der Waals surface area contributed by atoms with E-state index in [0.717, 1.165) is 0 Å². The van der Waals surface area contributed by atoms with Gasteiger partial charge in [0.15, 0.2) is 5.78 Å². The molecule has 1 N–H and O–H groups in total. The summed E-state index contributed by atoms with van der Waals surface area (Å²) in [5.41, 5.74) is 0.774. The first-order chi connectivity index (χ1) is 11.5. The average molecular weight is 329 g/mol. The zero-order valence-electron chi connectivity index (χ0n) is 13.0. The third kappa shape index (κ3) is 5.01. The molecule has 2 aromatic rings. The Morgan fingerprint density at radius 3 is 2.04 bits per heavy atom. The summed E-state index contributed by atoms with van der Waals surface area (Å²) in [5.74, 6) is -1.06. The Morgan fingerprint density at radius 1 is 0.958 bits per heavy atom. The molecular weight excluding hydrogens is 313 g/mol. The maximum Gasteiger partial charge on any atom is 0.312 e. The quantitative estimate of drug-likeness (QED) is 0.502. The molecule has 6 heteroatoms. The summed E-state index contributed by atoms with van der Waals surface area (Å²) >= 11 is 0. The fourth-order valence-corrected chi connectivity index (χ4v) is 1.97. The SMILES string of the molecule is CC(=O)NCCC(=O)Oc1ccc(C(=O)c2ccc(F)cc2)cc1. The minimum atomic E-state index is -0.485. The number of halogens is 1. The molecule has 0 radical (unpaired) electrons. The number of ether oxygens (including phenoxy) is 1. The molecular formula is C18H16FNO4. The van der Waals surface area contributed by atoms with E-state index in [-0.39, 0.29) is 24.7 Å². The molecule has 0 saturated heterocycles. The van der Waals surface area contributed by atoms with Crippen LogP contribution in [0.25, 0.3) is 0 Å². The molecule has 0 unspecified atom stereocenters. The first kappa shape index (κ1) is 17.3. The van der Waals surface area contributed by atoms with Gasteiger partial charge < -0.3 is 10.1 Å². The predicted molar refractivity (Wildman–Crippen MR) is 85.2 cm³/mol. The maximum absolute atomic E-state index is 12.9. The summed E-state index contributed by atoms with van der Waals surface area (Å²) in [5, 5.41) is 2.50. The lowest BCUT2D eigenvalue weighted by Gasteiger charge is -2.06. The summed E-state index contributed by atoms with van der Waals surface area (Å²) in [6.07, 6.45) is 0.0514. The molecule has 124 valence electrons. The Balaban J connectivity index is 1.95. The molecule has 0 aliphatic carbocycles. The van der Waals surface area contributed by atoms with E-state index in [1.54, 1.807) is 0 Å². The Hall–Kier alpha value is -3.02. The van der Waals surface area contributed by atoms with E-state index in [4.69, 9.17) is 4.74 Å². The van der Waals surface area contributed by atoms with E-state index in [1.165, 1.54) is 55.5 Å². The smallest absolute Gasteiger partial charge is 0.312 e. The number of hydrogen-bond acceptors (Lipinski definition) is 4. The van der Waals surface area contributed by atoms with Crippen LogP contribution in [0.1, 0.15) is 29.3 Å². The molecule has 0 aliphatic rings. The van der Waals surface area contributed by atoms with E-state index in [2.05, 4.69) is 5.32 Å². The van der Waals surface area contributed by atoms with Crippen molar-refractivity contribution in [2.45, 2.75) is 13.3 Å². The third-order valence-electron chi connectivity index (χ3n) is 3.16. The summed E-state index contributed by atoms with van der Waals surface area (Å²) in [6.45, 7) is 1.57. The van der Waals surface area contributed by atoms with E-state index in [1.807, 2.05) is 0 Å². The van der Waals surface area contributed by atoms with Gasteiger partial charge in [0.25, 0.3) is 0 Å². The third-order valence-corrected chi connectivity index (χ3v) is 3.16. The van der Waals surface area contributed by atoms with E-state index >= 15 is 0 Å². The lowest BCUT2D eigenvalue weighted by atomic mass is 10.0. The van der Waals surface area contributed by atoms with Gasteiger partial charge in [-0.3, -0.25) is 14.4 Å². The van der Waals surface area contributed by atoms with Crippen LogP contribution < -0.4 is 10.1 Å². The van der Waals surface area contributed by atoms with Crippen molar-refractivity contribution in [2.75, 3.05) is 6.54 Å². The van der Waals surface area contributed by atoms with Crippen molar-refractivity contribution in [3.8, 4) is 5.75 Å². The van der Waals surface area contributed by atoms with Crippen LogP contribution >= 0.6 is 0 Å². The van der Waals surface area contributed by atoms with Crippen molar-refractivity contribution in [2.24, 2.45) is 0 Å². The minimum Gasteiger partial charge on any atom is -0.426 e. The number of amides is 1. The van der Waals surface area contributed by atoms with E-state index < -0.39 is 11.8 Å². The molecule has 5 nitrogen and oxygen atoms in total. The second-order valence-corrected chi connectivity index (χ2v) is 5.07. The van der Waals surface area contributed by atoms with Crippen LogP contribution in [0.3, 0.4) is 0 Å². The number of nitrogens with one attached hydrogen (secondary N) is 1. The monoisotopic (exact) mass is 329 g/mol. The van der Waals surface area contributed by atoms with Gasteiger partial charge in [-0.1, -0.05) is 0 Å². The van der Waals surface area contributed by atoms with E-state index in [9.17, 15) is 18.8 Å². The Bertz CT molecular complexity index is 739. The Kier molecular flexibility index (Phi) is 5.78. The number of carbonyl (C=O) groups is 3. The van der Waals surface area contributed by atoms with Gasteiger partial charge in [0.1, 0.15) is 11.6 Å². The molecule has 0 aromatic heterocycles. The van der Waals surface area contributed by atoms with Crippen molar-refractivity contribution in [1.29, 1.82) is 0 Å². The number of rotatable bonds is 6. The normalized spacial score (nSPS) is 10.1. The molecule has 0 saturated carbocycles. The first-order valence-electron chi connectivity index (χ1n) is 7.31. The molecule has 0 heterocycles. The highest BCUT2D eigenvalue weighted by molar-refractivity contribution is 6.09. The summed E-state index contributed by atoms with van der Waals surface area (Å²) in [6, 6.07) is 11.3. The predicted octanol–water partition coefficient (Wildman–Crippen LogP) is 2.49. The van der Waals surface area contributed by atoms with Crippen LogP contribution in [0.2, 0.25) is 0 Å². The zero-order chi connectivity index (χ0) is 17.5. The molecule has 24 heavy (non-hydrogen) atoms. The van der Waals surface area contributed by atoms with Gasteiger partial charge in [-0.15, -0.1) is 0 Å². The molecule has 0 atom stereocenters. The number of ketones is 1. The standard InChI is InChI=1S/C18H16FNO4/c1-12(21)20-11-10-17(22)24-16-8-4-14(5-9-16)18(23)13-2-6-15(19)7-3-13/h2-9H,10-11H2,1H3,(H,20,21). The van der Waals surface area contributed by atoms with Crippen molar-refractivity contribution in [3.63, 3.8) is 0 Å². The van der Waals surface area contributed by atoms with Crippen LogP contribution in [0.15, 0.2) is 48.5 Å². The van der Waals surface area contributed by atoms with Crippen LogP contribution in [-0.4, -0.2) is 24.2 Å². The van der Waals surface area contributed by atoms with Gasteiger partial charge in [-0.25, -0.2) is 4.39 Å². The second kappa shape index (κ2) is 8.01. The van der Waals surface area contributed by atoms with Gasteiger partial charge >= 0.3 is 5.97 Å². The highest BCUT2D eigenvalue weighted by Gasteiger charge is 2.10. The van der Waals surface area contributed by atoms with Crippen molar-refractivity contribution in [1.82, 2.24) is 5.32 Å². The summed E-state index contributed by atoms with van der Waals surface area (Å²) in [7, 11) is 0. The lowest BCUT2D eigenvalue weighted by molar-refractivity contribution is -0.134. The van der Waals surface area contributed by atoms with Crippen molar-refractivity contribution >= 4 is 17.7 Å². The van der Waals surface area contributed by atoms with Crippen LogP contribution in [-0.2, 0) is 9.59 Å². The molecule has 2 aromatic carbocycles.